The van der Waals surface area contributed by atoms with Gasteiger partial charge >= 0.3 is 0 Å². The molecular formula is C18H14Cl2N2O4. The van der Waals surface area contributed by atoms with Crippen LogP contribution in [0.3, 0.4) is 0 Å². The lowest BCUT2D eigenvalue weighted by Crippen LogP contribution is -2.35. The predicted molar refractivity (Wildman–Crippen MR) is 99.6 cm³/mol. The van der Waals surface area contributed by atoms with Gasteiger partial charge in [-0.15, -0.1) is 0 Å². The summed E-state index contributed by atoms with van der Waals surface area (Å²) in [5, 5.41) is 1.90. The molecule has 3 rings (SSSR count). The number of carbonyl (C=O) groups is 2. The summed E-state index contributed by atoms with van der Waals surface area (Å²) in [6.07, 6.45) is 1.44. The van der Waals surface area contributed by atoms with E-state index in [-0.39, 0.29) is 5.57 Å². The third kappa shape index (κ3) is 3.34. The summed E-state index contributed by atoms with van der Waals surface area (Å²) in [7, 11) is 2.94. The van der Waals surface area contributed by atoms with Crippen LogP contribution >= 0.6 is 23.2 Å². The molecule has 6 nitrogen and oxygen atoms in total. The minimum atomic E-state index is -0.527. The maximum Gasteiger partial charge on any atom is 0.282 e. The van der Waals surface area contributed by atoms with Crippen LogP contribution in [-0.4, -0.2) is 26.0 Å². The molecule has 0 saturated carbocycles. The van der Waals surface area contributed by atoms with E-state index < -0.39 is 11.8 Å². The van der Waals surface area contributed by atoms with Crippen LogP contribution < -0.4 is 19.9 Å². The van der Waals surface area contributed by atoms with Crippen LogP contribution in [0.2, 0.25) is 10.0 Å². The smallest absolute Gasteiger partial charge is 0.282 e. The maximum absolute atomic E-state index is 12.6. The number of methoxy groups -OCH3 is 2. The number of hydrogen-bond donors (Lipinski definition) is 1. The molecule has 0 bridgehead atoms. The summed E-state index contributed by atoms with van der Waals surface area (Å²) >= 11 is 12.1. The van der Waals surface area contributed by atoms with Gasteiger partial charge < -0.3 is 9.47 Å². The topological polar surface area (TPSA) is 67.9 Å². The summed E-state index contributed by atoms with van der Waals surface area (Å²) in [6.45, 7) is 0. The molecule has 134 valence electrons. The summed E-state index contributed by atoms with van der Waals surface area (Å²) in [4.78, 5) is 24.9. The van der Waals surface area contributed by atoms with Gasteiger partial charge in [-0.25, -0.2) is 5.01 Å². The molecule has 2 aromatic carbocycles. The zero-order chi connectivity index (χ0) is 18.8. The zero-order valence-electron chi connectivity index (χ0n) is 13.9. The fourth-order valence-corrected chi connectivity index (χ4v) is 3.02. The van der Waals surface area contributed by atoms with Gasteiger partial charge in [-0.3, -0.25) is 15.0 Å². The number of nitrogens with zero attached hydrogens (tertiary/aromatic N) is 1. The van der Waals surface area contributed by atoms with E-state index in [4.69, 9.17) is 32.7 Å². The van der Waals surface area contributed by atoms with E-state index in [9.17, 15) is 9.59 Å². The number of anilines is 1. The Kier molecular flexibility index (Phi) is 5.06. The van der Waals surface area contributed by atoms with Gasteiger partial charge in [-0.2, -0.15) is 0 Å². The lowest BCUT2D eigenvalue weighted by Gasteiger charge is -2.14. The largest absolute Gasteiger partial charge is 0.493 e. The lowest BCUT2D eigenvalue weighted by molar-refractivity contribution is -0.117. The molecule has 0 aromatic heterocycles. The second-order valence-electron chi connectivity index (χ2n) is 5.36. The molecule has 0 unspecified atom stereocenters. The molecule has 1 aliphatic heterocycles. The number of rotatable bonds is 4. The first kappa shape index (κ1) is 18.1. The van der Waals surface area contributed by atoms with Crippen molar-refractivity contribution in [2.24, 2.45) is 0 Å². The maximum atomic E-state index is 12.6. The Hall–Kier alpha value is -2.70. The minimum absolute atomic E-state index is 0.0340. The van der Waals surface area contributed by atoms with Gasteiger partial charge in [0.25, 0.3) is 11.8 Å². The van der Waals surface area contributed by atoms with Gasteiger partial charge in [0.05, 0.1) is 24.9 Å². The highest BCUT2D eigenvalue weighted by Gasteiger charge is 2.34. The molecule has 1 N–H and O–H groups in total. The molecule has 26 heavy (non-hydrogen) atoms. The number of amides is 2. The molecule has 0 aliphatic carbocycles. The van der Waals surface area contributed by atoms with Gasteiger partial charge in [-0.1, -0.05) is 29.3 Å². The van der Waals surface area contributed by atoms with Crippen LogP contribution in [0.5, 0.6) is 11.5 Å². The van der Waals surface area contributed by atoms with E-state index in [1.54, 1.807) is 36.4 Å². The third-order valence-electron chi connectivity index (χ3n) is 3.72. The standard InChI is InChI=1S/C18H14Cl2N2O4/c1-25-15-8-10(7-14(20)16(15)26-2)6-13-17(23)21-22(18(13)24)12-5-3-4-11(19)9-12/h3-9H,1-2H3,(H,21,23). The van der Waals surface area contributed by atoms with Crippen molar-refractivity contribution < 1.29 is 19.1 Å². The Morgan fingerprint density at radius 3 is 2.50 bits per heavy atom. The van der Waals surface area contributed by atoms with Crippen molar-refractivity contribution in [1.82, 2.24) is 5.43 Å². The number of hydrogen-bond acceptors (Lipinski definition) is 4. The quantitative estimate of drug-likeness (QED) is 0.638. The molecule has 2 amide bonds. The number of nitrogens with one attached hydrogen (secondary N) is 1. The molecule has 1 heterocycles. The Balaban J connectivity index is 1.98. The second kappa shape index (κ2) is 7.27. The molecule has 1 fully saturated rings. The highest BCUT2D eigenvalue weighted by Crippen LogP contribution is 2.37. The van der Waals surface area contributed by atoms with Gasteiger partial charge in [0.2, 0.25) is 0 Å². The van der Waals surface area contributed by atoms with Gasteiger partial charge in [0.15, 0.2) is 11.5 Å². The summed E-state index contributed by atoms with van der Waals surface area (Å²) in [6, 6.07) is 9.82. The molecule has 2 aromatic rings. The van der Waals surface area contributed by atoms with Crippen molar-refractivity contribution in [3.63, 3.8) is 0 Å². The Morgan fingerprint density at radius 1 is 1.08 bits per heavy atom. The van der Waals surface area contributed by atoms with Crippen LogP contribution in [0.25, 0.3) is 6.08 Å². The first-order valence-corrected chi connectivity index (χ1v) is 8.24. The van der Waals surface area contributed by atoms with Gasteiger partial charge in [-0.05, 0) is 42.0 Å². The molecule has 0 spiro atoms. The van der Waals surface area contributed by atoms with E-state index in [0.717, 1.165) is 5.01 Å². The first-order valence-electron chi connectivity index (χ1n) is 7.49. The highest BCUT2D eigenvalue weighted by atomic mass is 35.5. The molecular weight excluding hydrogens is 379 g/mol. The van der Waals surface area contributed by atoms with E-state index in [2.05, 4.69) is 5.43 Å². The van der Waals surface area contributed by atoms with E-state index in [0.29, 0.717) is 32.8 Å². The molecule has 1 saturated heterocycles. The monoisotopic (exact) mass is 392 g/mol. The minimum Gasteiger partial charge on any atom is -0.493 e. The van der Waals surface area contributed by atoms with Crippen LogP contribution in [0.4, 0.5) is 5.69 Å². The van der Waals surface area contributed by atoms with Crippen LogP contribution in [0.1, 0.15) is 5.56 Å². The van der Waals surface area contributed by atoms with E-state index in [1.807, 2.05) is 0 Å². The number of carbonyl (C=O) groups excluding carboxylic acids is 2. The number of hydrazine groups is 1. The average molecular weight is 393 g/mol. The number of ether oxygens (including phenoxy) is 2. The SMILES string of the molecule is COc1cc(C=C2C(=O)NN(c3cccc(Cl)c3)C2=O)cc(Cl)c1OC. The van der Waals surface area contributed by atoms with Crippen LogP contribution in [-0.2, 0) is 9.59 Å². The first-order chi connectivity index (χ1) is 12.4. The van der Waals surface area contributed by atoms with Crippen molar-refractivity contribution in [3.8, 4) is 11.5 Å². The molecule has 1 aliphatic rings. The Bertz CT molecular complexity index is 927. The highest BCUT2D eigenvalue weighted by molar-refractivity contribution is 6.34. The van der Waals surface area contributed by atoms with Crippen molar-refractivity contribution in [1.29, 1.82) is 0 Å². The van der Waals surface area contributed by atoms with Crippen LogP contribution in [0.15, 0.2) is 42.0 Å². The summed E-state index contributed by atoms with van der Waals surface area (Å²) < 4.78 is 10.4. The molecule has 0 atom stereocenters. The summed E-state index contributed by atoms with van der Waals surface area (Å²) in [5.41, 5.74) is 3.47. The fourth-order valence-electron chi connectivity index (χ4n) is 2.54. The molecule has 0 radical (unpaired) electrons. The normalized spacial score (nSPS) is 15.4. The lowest BCUT2D eigenvalue weighted by atomic mass is 10.1. The van der Waals surface area contributed by atoms with Gasteiger partial charge in [0.1, 0.15) is 5.57 Å². The zero-order valence-corrected chi connectivity index (χ0v) is 15.4. The Labute approximate surface area is 159 Å². The van der Waals surface area contributed by atoms with Crippen LogP contribution in [0, 0.1) is 0 Å². The van der Waals surface area contributed by atoms with E-state index in [1.165, 1.54) is 20.3 Å². The molecule has 8 heteroatoms. The van der Waals surface area contributed by atoms with Gasteiger partial charge in [0, 0.05) is 5.02 Å². The van der Waals surface area contributed by atoms with Crippen molar-refractivity contribution in [2.75, 3.05) is 19.2 Å². The average Bonchev–Trinajstić information content (AvgIpc) is 2.89. The number of halogens is 2. The van der Waals surface area contributed by atoms with E-state index >= 15 is 0 Å². The third-order valence-corrected chi connectivity index (χ3v) is 4.24. The van der Waals surface area contributed by atoms with Crippen molar-refractivity contribution >= 4 is 46.8 Å². The second-order valence-corrected chi connectivity index (χ2v) is 6.20. The summed E-state index contributed by atoms with van der Waals surface area (Å²) in [5.74, 6) is -0.257. The Morgan fingerprint density at radius 2 is 1.85 bits per heavy atom. The van der Waals surface area contributed by atoms with Crippen molar-refractivity contribution in [3.05, 3.63) is 57.6 Å². The van der Waals surface area contributed by atoms with Crippen molar-refractivity contribution in [2.45, 2.75) is 0 Å². The number of benzene rings is 2. The predicted octanol–water partition coefficient (Wildman–Crippen LogP) is 3.47. The fraction of sp³-hybridized carbons (Fsp3) is 0.111.